The zero-order valence-electron chi connectivity index (χ0n) is 8.84. The maximum Gasteiger partial charge on any atom is 0.133 e. The number of anilines is 2. The van der Waals surface area contributed by atoms with E-state index in [2.05, 4.69) is 27.4 Å². The van der Waals surface area contributed by atoms with Gasteiger partial charge < -0.3 is 4.90 Å². The molecule has 0 bridgehead atoms. The van der Waals surface area contributed by atoms with Gasteiger partial charge in [-0.25, -0.2) is 4.98 Å². The molecular weight excluding hydrogens is 240 g/mol. The van der Waals surface area contributed by atoms with E-state index in [4.69, 9.17) is 11.6 Å². The first-order valence-electron chi connectivity index (χ1n) is 5.20. The van der Waals surface area contributed by atoms with Gasteiger partial charge >= 0.3 is 0 Å². The highest BCUT2D eigenvalue weighted by Crippen LogP contribution is 2.27. The van der Waals surface area contributed by atoms with Gasteiger partial charge in [-0.3, -0.25) is 0 Å². The lowest BCUT2D eigenvalue weighted by molar-refractivity contribution is 0.883. The molecule has 0 unspecified atom stereocenters. The molecule has 2 aromatic rings. The third kappa shape index (κ3) is 2.74. The highest BCUT2D eigenvalue weighted by molar-refractivity contribution is 7.14. The first-order chi connectivity index (χ1) is 7.92. The van der Waals surface area contributed by atoms with Crippen molar-refractivity contribution in [2.45, 2.75) is 6.42 Å². The number of alkyl halides is 1. The SMILES string of the molecule is ClCCCN(c1ccccn1)c1cccs1. The Morgan fingerprint density at radius 2 is 2.19 bits per heavy atom. The molecule has 0 fully saturated rings. The number of thiophene rings is 1. The minimum Gasteiger partial charge on any atom is -0.318 e. The van der Waals surface area contributed by atoms with Crippen LogP contribution >= 0.6 is 22.9 Å². The van der Waals surface area contributed by atoms with Crippen LogP contribution < -0.4 is 4.90 Å². The van der Waals surface area contributed by atoms with Crippen molar-refractivity contribution in [2.24, 2.45) is 0 Å². The van der Waals surface area contributed by atoms with Crippen molar-refractivity contribution in [1.29, 1.82) is 0 Å². The third-order valence-corrected chi connectivity index (χ3v) is 3.37. The fourth-order valence-electron chi connectivity index (χ4n) is 1.49. The van der Waals surface area contributed by atoms with E-state index in [1.54, 1.807) is 11.3 Å². The Morgan fingerprint density at radius 1 is 1.25 bits per heavy atom. The van der Waals surface area contributed by atoms with E-state index in [0.29, 0.717) is 5.88 Å². The number of hydrogen-bond acceptors (Lipinski definition) is 3. The molecule has 0 saturated carbocycles. The van der Waals surface area contributed by atoms with Gasteiger partial charge in [0.15, 0.2) is 0 Å². The van der Waals surface area contributed by atoms with E-state index in [1.807, 2.05) is 24.4 Å². The molecule has 2 rings (SSSR count). The summed E-state index contributed by atoms with van der Waals surface area (Å²) in [4.78, 5) is 6.58. The van der Waals surface area contributed by atoms with E-state index in [0.717, 1.165) is 18.8 Å². The van der Waals surface area contributed by atoms with Crippen molar-refractivity contribution < 1.29 is 0 Å². The van der Waals surface area contributed by atoms with E-state index in [9.17, 15) is 0 Å². The number of aromatic nitrogens is 1. The molecule has 4 heteroatoms. The average molecular weight is 253 g/mol. The van der Waals surface area contributed by atoms with Crippen LogP contribution in [0.3, 0.4) is 0 Å². The molecule has 0 spiro atoms. The predicted molar refractivity (Wildman–Crippen MR) is 70.9 cm³/mol. The summed E-state index contributed by atoms with van der Waals surface area (Å²) in [5, 5.41) is 3.29. The Kier molecular flexibility index (Phi) is 4.19. The lowest BCUT2D eigenvalue weighted by Crippen LogP contribution is -2.18. The van der Waals surface area contributed by atoms with Gasteiger partial charge in [0.1, 0.15) is 5.82 Å². The Labute approximate surface area is 105 Å². The maximum atomic E-state index is 5.75. The molecule has 0 amide bonds. The Hall–Kier alpha value is -1.06. The first-order valence-corrected chi connectivity index (χ1v) is 6.61. The van der Waals surface area contributed by atoms with Crippen LogP contribution in [0.1, 0.15) is 6.42 Å². The highest BCUT2D eigenvalue weighted by Gasteiger charge is 2.10. The summed E-state index contributed by atoms with van der Waals surface area (Å²) in [6.07, 6.45) is 2.77. The quantitative estimate of drug-likeness (QED) is 0.750. The van der Waals surface area contributed by atoms with E-state index < -0.39 is 0 Å². The summed E-state index contributed by atoms with van der Waals surface area (Å²) < 4.78 is 0. The van der Waals surface area contributed by atoms with Crippen molar-refractivity contribution in [2.75, 3.05) is 17.3 Å². The largest absolute Gasteiger partial charge is 0.318 e. The van der Waals surface area contributed by atoms with Crippen molar-refractivity contribution in [3.05, 3.63) is 41.9 Å². The minimum atomic E-state index is 0.675. The fraction of sp³-hybridized carbons (Fsp3) is 0.250. The molecule has 2 aromatic heterocycles. The summed E-state index contributed by atoms with van der Waals surface area (Å²) in [5.74, 6) is 1.66. The molecule has 16 heavy (non-hydrogen) atoms. The maximum absolute atomic E-state index is 5.75. The van der Waals surface area contributed by atoms with E-state index in [1.165, 1.54) is 5.00 Å². The molecule has 84 valence electrons. The molecule has 0 saturated heterocycles. The Morgan fingerprint density at radius 3 is 2.81 bits per heavy atom. The number of pyridine rings is 1. The van der Waals surface area contributed by atoms with Crippen LogP contribution in [0.15, 0.2) is 41.9 Å². The monoisotopic (exact) mass is 252 g/mol. The topological polar surface area (TPSA) is 16.1 Å². The van der Waals surface area contributed by atoms with Crippen LogP contribution in [-0.2, 0) is 0 Å². The van der Waals surface area contributed by atoms with Crippen LogP contribution in [0.25, 0.3) is 0 Å². The summed E-state index contributed by atoms with van der Waals surface area (Å²) in [6.45, 7) is 0.904. The van der Waals surface area contributed by atoms with Gasteiger partial charge in [-0.1, -0.05) is 6.07 Å². The van der Waals surface area contributed by atoms with Gasteiger partial charge in [0.05, 0.1) is 5.00 Å². The molecule has 0 radical (unpaired) electrons. The lowest BCUT2D eigenvalue weighted by atomic mass is 10.3. The Balaban J connectivity index is 2.21. The molecular formula is C12H13ClN2S. The van der Waals surface area contributed by atoms with Gasteiger partial charge in [0.25, 0.3) is 0 Å². The standard InChI is InChI=1S/C12H13ClN2S/c13-7-4-9-15(12-6-3-10-16-12)11-5-1-2-8-14-11/h1-3,5-6,8,10H,4,7,9H2. The van der Waals surface area contributed by atoms with Gasteiger partial charge in [-0.15, -0.1) is 22.9 Å². The van der Waals surface area contributed by atoms with Crippen molar-refractivity contribution in [3.8, 4) is 0 Å². The van der Waals surface area contributed by atoms with E-state index >= 15 is 0 Å². The van der Waals surface area contributed by atoms with Crippen LogP contribution in [0.5, 0.6) is 0 Å². The zero-order valence-corrected chi connectivity index (χ0v) is 10.4. The van der Waals surface area contributed by atoms with Crippen LogP contribution in [0.2, 0.25) is 0 Å². The Bertz CT molecular complexity index is 402. The molecule has 0 aromatic carbocycles. The summed E-state index contributed by atoms with van der Waals surface area (Å²) in [5.41, 5.74) is 0. The summed E-state index contributed by atoms with van der Waals surface area (Å²) in [6, 6.07) is 10.1. The van der Waals surface area contributed by atoms with Crippen LogP contribution in [0.4, 0.5) is 10.8 Å². The third-order valence-electron chi connectivity index (χ3n) is 2.21. The fourth-order valence-corrected chi connectivity index (χ4v) is 2.38. The second kappa shape index (κ2) is 5.87. The van der Waals surface area contributed by atoms with Gasteiger partial charge in [0.2, 0.25) is 0 Å². The number of nitrogens with zero attached hydrogens (tertiary/aromatic N) is 2. The summed E-state index contributed by atoms with van der Waals surface area (Å²) >= 11 is 7.47. The van der Waals surface area contributed by atoms with Gasteiger partial charge in [-0.2, -0.15) is 0 Å². The van der Waals surface area contributed by atoms with Crippen molar-refractivity contribution >= 4 is 33.8 Å². The van der Waals surface area contributed by atoms with Crippen molar-refractivity contribution in [1.82, 2.24) is 4.98 Å². The molecule has 0 N–H and O–H groups in total. The number of rotatable bonds is 5. The molecule has 0 atom stereocenters. The summed E-state index contributed by atoms with van der Waals surface area (Å²) in [7, 11) is 0. The molecule has 0 aliphatic heterocycles. The van der Waals surface area contributed by atoms with Gasteiger partial charge in [-0.05, 0) is 36.1 Å². The second-order valence-electron chi connectivity index (χ2n) is 3.33. The first kappa shape index (κ1) is 11.4. The highest BCUT2D eigenvalue weighted by atomic mass is 35.5. The number of halogens is 1. The van der Waals surface area contributed by atoms with E-state index in [-0.39, 0.29) is 0 Å². The van der Waals surface area contributed by atoms with Crippen LogP contribution in [-0.4, -0.2) is 17.4 Å². The molecule has 0 aliphatic rings. The van der Waals surface area contributed by atoms with Crippen molar-refractivity contribution in [3.63, 3.8) is 0 Å². The lowest BCUT2D eigenvalue weighted by Gasteiger charge is -2.21. The predicted octanol–water partition coefficient (Wildman–Crippen LogP) is 3.91. The zero-order chi connectivity index (χ0) is 11.2. The molecule has 2 heterocycles. The average Bonchev–Trinajstić information content (AvgIpc) is 2.85. The normalized spacial score (nSPS) is 10.3. The number of hydrogen-bond donors (Lipinski definition) is 0. The molecule has 2 nitrogen and oxygen atoms in total. The smallest absolute Gasteiger partial charge is 0.133 e. The molecule has 0 aliphatic carbocycles. The second-order valence-corrected chi connectivity index (χ2v) is 4.64. The van der Waals surface area contributed by atoms with Crippen LogP contribution in [0, 0.1) is 0 Å². The van der Waals surface area contributed by atoms with Gasteiger partial charge in [0, 0.05) is 18.6 Å². The minimum absolute atomic E-state index is 0.675.